The van der Waals surface area contributed by atoms with E-state index in [0.717, 1.165) is 22.0 Å². The first-order valence-corrected chi connectivity index (χ1v) is 11.9. The fourth-order valence-electron chi connectivity index (χ4n) is 2.75. The summed E-state index contributed by atoms with van der Waals surface area (Å²) in [5.74, 6) is 0.317. The Morgan fingerprint density at radius 1 is 1.07 bits per heavy atom. The number of hydrogen-bond donors (Lipinski definition) is 1. The van der Waals surface area contributed by atoms with Gasteiger partial charge in [-0.3, -0.25) is 9.59 Å². The summed E-state index contributed by atoms with van der Waals surface area (Å²) in [6, 6.07) is 13.5. The third-order valence-electron chi connectivity index (χ3n) is 4.84. The second kappa shape index (κ2) is 12.1. The predicted octanol–water partition coefficient (Wildman–Crippen LogP) is 5.15. The number of carbonyl (C=O) groups excluding carboxylic acids is 2. The fourth-order valence-corrected chi connectivity index (χ4v) is 3.89. The minimum Gasteiger partial charge on any atom is -0.352 e. The molecule has 2 unspecified atom stereocenters. The molecule has 0 spiro atoms. The van der Waals surface area contributed by atoms with E-state index in [1.165, 1.54) is 23.9 Å². The van der Waals surface area contributed by atoms with Crippen LogP contribution in [0.25, 0.3) is 0 Å². The van der Waals surface area contributed by atoms with Gasteiger partial charge in [0.15, 0.2) is 0 Å². The minimum atomic E-state index is -0.582. The molecule has 2 rings (SSSR count). The Morgan fingerprint density at radius 3 is 2.27 bits per heavy atom. The summed E-state index contributed by atoms with van der Waals surface area (Å²) in [6.45, 7) is 6.08. The van der Waals surface area contributed by atoms with E-state index in [4.69, 9.17) is 0 Å². The molecule has 2 amide bonds. The molecule has 0 fully saturated rings. The van der Waals surface area contributed by atoms with Crippen molar-refractivity contribution in [2.45, 2.75) is 51.6 Å². The highest BCUT2D eigenvalue weighted by Crippen LogP contribution is 2.18. The third-order valence-corrected chi connectivity index (χ3v) is 6.36. The number of nitrogens with one attached hydrogen (secondary N) is 1. The van der Waals surface area contributed by atoms with Crippen LogP contribution in [0, 0.1) is 5.82 Å². The van der Waals surface area contributed by atoms with Crippen LogP contribution in [0.15, 0.2) is 53.0 Å². The maximum Gasteiger partial charge on any atom is 0.242 e. The predicted molar refractivity (Wildman–Crippen MR) is 125 cm³/mol. The Hall–Kier alpha value is -1.86. The molecule has 4 nitrogen and oxygen atoms in total. The lowest BCUT2D eigenvalue weighted by Crippen LogP contribution is -2.50. The van der Waals surface area contributed by atoms with Crippen molar-refractivity contribution in [3.63, 3.8) is 0 Å². The van der Waals surface area contributed by atoms with Crippen LogP contribution >= 0.6 is 27.7 Å². The van der Waals surface area contributed by atoms with Gasteiger partial charge in [0.05, 0.1) is 5.75 Å². The van der Waals surface area contributed by atoms with Gasteiger partial charge in [0.2, 0.25) is 11.8 Å². The van der Waals surface area contributed by atoms with Crippen LogP contribution in [0.3, 0.4) is 0 Å². The van der Waals surface area contributed by atoms with Crippen molar-refractivity contribution in [1.82, 2.24) is 10.2 Å². The molecule has 2 aromatic carbocycles. The van der Waals surface area contributed by atoms with E-state index in [-0.39, 0.29) is 29.4 Å². The zero-order chi connectivity index (χ0) is 22.1. The highest BCUT2D eigenvalue weighted by molar-refractivity contribution is 9.10. The quantitative estimate of drug-likeness (QED) is 0.496. The lowest BCUT2D eigenvalue weighted by Gasteiger charge is -2.29. The molecule has 0 aliphatic rings. The average molecular weight is 495 g/mol. The first kappa shape index (κ1) is 24.4. The molecular weight excluding hydrogens is 467 g/mol. The Bertz CT molecular complexity index is 830. The third kappa shape index (κ3) is 7.76. The Balaban J connectivity index is 2.06. The van der Waals surface area contributed by atoms with E-state index >= 15 is 0 Å². The number of hydrogen-bond acceptors (Lipinski definition) is 3. The summed E-state index contributed by atoms with van der Waals surface area (Å²) < 4.78 is 14.0. The zero-order valence-corrected chi connectivity index (χ0v) is 19.9. The van der Waals surface area contributed by atoms with Gasteiger partial charge in [0.1, 0.15) is 11.9 Å². The van der Waals surface area contributed by atoms with Crippen molar-refractivity contribution in [3.05, 3.63) is 69.9 Å². The second-order valence-electron chi connectivity index (χ2n) is 7.26. The number of nitrogens with zero attached hydrogens (tertiary/aromatic N) is 1. The van der Waals surface area contributed by atoms with Crippen molar-refractivity contribution >= 4 is 39.5 Å². The monoisotopic (exact) mass is 494 g/mol. The number of rotatable bonds is 10. The summed E-state index contributed by atoms with van der Waals surface area (Å²) >= 11 is 4.87. The van der Waals surface area contributed by atoms with Gasteiger partial charge in [-0.25, -0.2) is 4.39 Å². The van der Waals surface area contributed by atoms with Gasteiger partial charge in [-0.1, -0.05) is 47.1 Å². The first-order chi connectivity index (χ1) is 14.3. The van der Waals surface area contributed by atoms with Crippen LogP contribution in [0.5, 0.6) is 0 Å². The summed E-state index contributed by atoms with van der Waals surface area (Å²) in [6.07, 6.45) is 0.826. The average Bonchev–Trinajstić information content (AvgIpc) is 2.74. The number of halogens is 2. The van der Waals surface area contributed by atoms with Crippen LogP contribution in [0.2, 0.25) is 0 Å². The molecule has 2 atom stereocenters. The summed E-state index contributed by atoms with van der Waals surface area (Å²) in [5, 5.41) is 2.96. The molecular formula is C23H28BrFN2O2S. The van der Waals surface area contributed by atoms with Gasteiger partial charge in [-0.15, -0.1) is 11.8 Å². The smallest absolute Gasteiger partial charge is 0.242 e. The van der Waals surface area contributed by atoms with Crippen LogP contribution in [0.1, 0.15) is 38.3 Å². The minimum absolute atomic E-state index is 0.0532. The van der Waals surface area contributed by atoms with E-state index in [9.17, 15) is 14.0 Å². The molecule has 0 aromatic heterocycles. The van der Waals surface area contributed by atoms with E-state index < -0.39 is 6.04 Å². The molecule has 0 aliphatic carbocycles. The summed E-state index contributed by atoms with van der Waals surface area (Å²) in [7, 11) is 0. The van der Waals surface area contributed by atoms with E-state index in [1.54, 1.807) is 24.0 Å². The standard InChI is InChI=1S/C23H28BrFN2O2S/c1-4-16(2)26-23(29)17(3)27(13-18-5-9-20(24)10-6-18)22(28)15-30-14-19-7-11-21(25)12-8-19/h5-12,16-17H,4,13-15H2,1-3H3,(H,26,29). The number of amides is 2. The SMILES string of the molecule is CCC(C)NC(=O)C(C)N(Cc1ccc(Br)cc1)C(=O)CSCc1ccc(F)cc1. The lowest BCUT2D eigenvalue weighted by molar-refractivity contribution is -0.138. The maximum absolute atomic E-state index is 13.0. The van der Waals surface area contributed by atoms with E-state index in [0.29, 0.717) is 12.3 Å². The Kier molecular flexibility index (Phi) is 9.85. The van der Waals surface area contributed by atoms with Crippen LogP contribution in [0.4, 0.5) is 4.39 Å². The van der Waals surface area contributed by atoms with Gasteiger partial charge in [-0.05, 0) is 55.7 Å². The van der Waals surface area contributed by atoms with Crippen molar-refractivity contribution in [2.75, 3.05) is 5.75 Å². The lowest BCUT2D eigenvalue weighted by atomic mass is 10.1. The zero-order valence-electron chi connectivity index (χ0n) is 17.5. The highest BCUT2D eigenvalue weighted by Gasteiger charge is 2.26. The van der Waals surface area contributed by atoms with E-state index in [1.807, 2.05) is 38.1 Å². The molecule has 0 bridgehead atoms. The van der Waals surface area contributed by atoms with Crippen molar-refractivity contribution in [1.29, 1.82) is 0 Å². The fraction of sp³-hybridized carbons (Fsp3) is 0.391. The topological polar surface area (TPSA) is 49.4 Å². The van der Waals surface area contributed by atoms with Crippen molar-refractivity contribution in [3.8, 4) is 0 Å². The van der Waals surface area contributed by atoms with Crippen molar-refractivity contribution < 1.29 is 14.0 Å². The van der Waals surface area contributed by atoms with Gasteiger partial charge in [-0.2, -0.15) is 0 Å². The molecule has 1 N–H and O–H groups in total. The van der Waals surface area contributed by atoms with Crippen LogP contribution in [-0.4, -0.2) is 34.6 Å². The van der Waals surface area contributed by atoms with Gasteiger partial charge in [0.25, 0.3) is 0 Å². The molecule has 2 aromatic rings. The highest BCUT2D eigenvalue weighted by atomic mass is 79.9. The number of thioether (sulfide) groups is 1. The second-order valence-corrected chi connectivity index (χ2v) is 9.16. The molecule has 30 heavy (non-hydrogen) atoms. The molecule has 0 aliphatic heterocycles. The Morgan fingerprint density at radius 2 is 1.67 bits per heavy atom. The number of benzene rings is 2. The molecule has 162 valence electrons. The van der Waals surface area contributed by atoms with Gasteiger partial charge in [0, 0.05) is 22.8 Å². The first-order valence-electron chi connectivity index (χ1n) is 9.96. The number of carbonyl (C=O) groups is 2. The maximum atomic E-state index is 13.0. The normalized spacial score (nSPS) is 12.8. The molecule has 0 saturated carbocycles. The van der Waals surface area contributed by atoms with E-state index in [2.05, 4.69) is 21.2 Å². The molecule has 0 radical (unpaired) electrons. The largest absolute Gasteiger partial charge is 0.352 e. The molecule has 0 heterocycles. The molecule has 0 saturated heterocycles. The van der Waals surface area contributed by atoms with Gasteiger partial charge >= 0.3 is 0 Å². The van der Waals surface area contributed by atoms with Crippen LogP contribution in [-0.2, 0) is 21.9 Å². The van der Waals surface area contributed by atoms with Crippen molar-refractivity contribution in [2.24, 2.45) is 0 Å². The molecule has 7 heteroatoms. The van der Waals surface area contributed by atoms with Gasteiger partial charge < -0.3 is 10.2 Å². The Labute approximate surface area is 190 Å². The van der Waals surface area contributed by atoms with Crippen LogP contribution < -0.4 is 5.32 Å². The summed E-state index contributed by atoms with van der Waals surface area (Å²) in [4.78, 5) is 27.3. The summed E-state index contributed by atoms with van der Waals surface area (Å²) in [5.41, 5.74) is 1.91.